The smallest absolute Gasteiger partial charge is 0.340 e. The third kappa shape index (κ3) is 1.50. The van der Waals surface area contributed by atoms with E-state index in [1.807, 2.05) is 0 Å². The van der Waals surface area contributed by atoms with Crippen LogP contribution in [0.2, 0.25) is 0 Å². The fourth-order valence-corrected chi connectivity index (χ4v) is 1.27. The molecule has 1 amide bonds. The fourth-order valence-electron chi connectivity index (χ4n) is 1.27. The van der Waals surface area contributed by atoms with E-state index in [4.69, 9.17) is 5.11 Å². The summed E-state index contributed by atoms with van der Waals surface area (Å²) < 4.78 is 0. The first kappa shape index (κ1) is 9.94. The molecule has 0 aliphatic carbocycles. The van der Waals surface area contributed by atoms with E-state index in [1.54, 1.807) is 0 Å². The standard InChI is InChI=1S/C7H11NO5/c1-4(9)8-2-5(10)7(13,3-8)6(11)12/h5,10,13H,2-3H2,1H3,(H,11,12)/t5-,7+/m1/s1. The molecule has 3 N–H and O–H groups in total. The average Bonchev–Trinajstić information content (AvgIpc) is 2.30. The molecule has 1 saturated heterocycles. The predicted molar refractivity (Wildman–Crippen MR) is 40.8 cm³/mol. The van der Waals surface area contributed by atoms with Gasteiger partial charge in [0, 0.05) is 6.92 Å². The SMILES string of the molecule is CC(=O)N1C[C@@H](O)[C@](O)(C(=O)O)C1. The second kappa shape index (κ2) is 2.97. The molecule has 1 aliphatic heterocycles. The number of hydrogen-bond donors (Lipinski definition) is 3. The van der Waals surface area contributed by atoms with Crippen molar-refractivity contribution in [3.63, 3.8) is 0 Å². The van der Waals surface area contributed by atoms with Crippen LogP contribution in [0.3, 0.4) is 0 Å². The van der Waals surface area contributed by atoms with Crippen molar-refractivity contribution in [1.82, 2.24) is 4.90 Å². The van der Waals surface area contributed by atoms with Crippen LogP contribution in [0.25, 0.3) is 0 Å². The summed E-state index contributed by atoms with van der Waals surface area (Å²) in [4.78, 5) is 22.5. The van der Waals surface area contributed by atoms with Crippen LogP contribution in [0.1, 0.15) is 6.92 Å². The molecule has 0 unspecified atom stereocenters. The summed E-state index contributed by atoms with van der Waals surface area (Å²) in [6.07, 6.45) is -1.42. The van der Waals surface area contributed by atoms with Gasteiger partial charge in [0.25, 0.3) is 0 Å². The first-order chi connectivity index (χ1) is 5.88. The van der Waals surface area contributed by atoms with Crippen molar-refractivity contribution in [2.75, 3.05) is 13.1 Å². The lowest BCUT2D eigenvalue weighted by Crippen LogP contribution is -2.49. The van der Waals surface area contributed by atoms with E-state index in [0.717, 1.165) is 4.90 Å². The Morgan fingerprint density at radius 3 is 2.31 bits per heavy atom. The van der Waals surface area contributed by atoms with E-state index in [2.05, 4.69) is 0 Å². The van der Waals surface area contributed by atoms with Gasteiger partial charge in [0.15, 0.2) is 0 Å². The molecule has 13 heavy (non-hydrogen) atoms. The van der Waals surface area contributed by atoms with Gasteiger partial charge in [-0.2, -0.15) is 0 Å². The second-order valence-electron chi connectivity index (χ2n) is 3.14. The minimum atomic E-state index is -2.22. The van der Waals surface area contributed by atoms with Crippen molar-refractivity contribution in [1.29, 1.82) is 0 Å². The molecular weight excluding hydrogens is 178 g/mol. The van der Waals surface area contributed by atoms with Crippen LogP contribution in [0.5, 0.6) is 0 Å². The third-order valence-corrected chi connectivity index (χ3v) is 2.19. The van der Waals surface area contributed by atoms with Crippen molar-refractivity contribution in [3.05, 3.63) is 0 Å². The number of hydrogen-bond acceptors (Lipinski definition) is 4. The van der Waals surface area contributed by atoms with E-state index < -0.39 is 17.7 Å². The molecule has 1 aliphatic rings. The number of carbonyl (C=O) groups is 2. The molecule has 1 fully saturated rings. The highest BCUT2D eigenvalue weighted by atomic mass is 16.4. The van der Waals surface area contributed by atoms with Crippen molar-refractivity contribution < 1.29 is 24.9 Å². The minimum absolute atomic E-state index is 0.141. The first-order valence-electron chi connectivity index (χ1n) is 3.77. The maximum atomic E-state index is 10.8. The van der Waals surface area contributed by atoms with E-state index in [-0.39, 0.29) is 19.0 Å². The Kier molecular flexibility index (Phi) is 2.27. The zero-order valence-electron chi connectivity index (χ0n) is 7.10. The monoisotopic (exact) mass is 189 g/mol. The van der Waals surface area contributed by atoms with Crippen LogP contribution in [-0.4, -0.2) is 56.9 Å². The lowest BCUT2D eigenvalue weighted by atomic mass is 10.0. The number of likely N-dealkylation sites (tertiary alicyclic amines) is 1. The second-order valence-corrected chi connectivity index (χ2v) is 3.14. The van der Waals surface area contributed by atoms with Gasteiger partial charge >= 0.3 is 5.97 Å². The topological polar surface area (TPSA) is 98.1 Å². The Morgan fingerprint density at radius 1 is 1.54 bits per heavy atom. The number of β-amino-alcohol motifs (C(OH)–C–C–N with tert-alkyl or cyclic N) is 2. The Labute approximate surface area is 74.4 Å². The van der Waals surface area contributed by atoms with Crippen LogP contribution in [0.15, 0.2) is 0 Å². The average molecular weight is 189 g/mol. The van der Waals surface area contributed by atoms with Crippen molar-refractivity contribution >= 4 is 11.9 Å². The van der Waals surface area contributed by atoms with E-state index in [1.165, 1.54) is 6.92 Å². The summed E-state index contributed by atoms with van der Waals surface area (Å²) in [7, 11) is 0. The normalized spacial score (nSPS) is 33.5. The summed E-state index contributed by atoms with van der Waals surface area (Å²) >= 11 is 0. The summed E-state index contributed by atoms with van der Waals surface area (Å²) in [6.45, 7) is 0.747. The molecule has 0 spiro atoms. The highest BCUT2D eigenvalue weighted by Crippen LogP contribution is 2.21. The number of carboxylic acid groups (broad SMARTS) is 1. The Hall–Kier alpha value is -1.14. The highest BCUT2D eigenvalue weighted by Gasteiger charge is 2.51. The van der Waals surface area contributed by atoms with Gasteiger partial charge in [0.05, 0.1) is 13.1 Å². The molecule has 1 rings (SSSR count). The van der Waals surface area contributed by atoms with Crippen LogP contribution < -0.4 is 0 Å². The van der Waals surface area contributed by atoms with Crippen molar-refractivity contribution in [3.8, 4) is 0 Å². The highest BCUT2D eigenvalue weighted by molar-refractivity contribution is 5.82. The molecule has 0 bridgehead atoms. The largest absolute Gasteiger partial charge is 0.479 e. The van der Waals surface area contributed by atoms with Gasteiger partial charge in [-0.05, 0) is 0 Å². The molecule has 0 saturated carbocycles. The van der Waals surface area contributed by atoms with Gasteiger partial charge < -0.3 is 20.2 Å². The maximum absolute atomic E-state index is 10.8. The van der Waals surface area contributed by atoms with Gasteiger partial charge in [-0.15, -0.1) is 0 Å². The molecule has 6 heteroatoms. The molecule has 74 valence electrons. The molecule has 0 aromatic carbocycles. The van der Waals surface area contributed by atoms with Crippen molar-refractivity contribution in [2.45, 2.75) is 18.6 Å². The van der Waals surface area contributed by atoms with E-state index in [0.29, 0.717) is 0 Å². The lowest BCUT2D eigenvalue weighted by Gasteiger charge is -2.19. The Bertz CT molecular complexity index is 253. The number of amides is 1. The fraction of sp³-hybridized carbons (Fsp3) is 0.714. The number of carbonyl (C=O) groups excluding carboxylic acids is 1. The number of aliphatic carboxylic acids is 1. The summed E-state index contributed by atoms with van der Waals surface area (Å²) in [5.74, 6) is -1.88. The van der Waals surface area contributed by atoms with Gasteiger partial charge in [0.1, 0.15) is 6.10 Å². The Balaban J connectivity index is 2.82. The van der Waals surface area contributed by atoms with Gasteiger partial charge in [0.2, 0.25) is 11.5 Å². The molecule has 0 aromatic rings. The van der Waals surface area contributed by atoms with Crippen LogP contribution in [0, 0.1) is 0 Å². The van der Waals surface area contributed by atoms with Crippen LogP contribution in [-0.2, 0) is 9.59 Å². The lowest BCUT2D eigenvalue weighted by molar-refractivity contribution is -0.165. The quantitative estimate of drug-likeness (QED) is 0.444. The molecular formula is C7H11NO5. The molecule has 1 heterocycles. The number of nitrogens with zero attached hydrogens (tertiary/aromatic N) is 1. The predicted octanol–water partition coefficient (Wildman–Crippen LogP) is -1.97. The van der Waals surface area contributed by atoms with E-state index >= 15 is 0 Å². The van der Waals surface area contributed by atoms with Crippen molar-refractivity contribution in [2.24, 2.45) is 0 Å². The first-order valence-corrected chi connectivity index (χ1v) is 3.77. The summed E-state index contributed by atoms with van der Waals surface area (Å²) in [6, 6.07) is 0. The zero-order chi connectivity index (χ0) is 10.2. The maximum Gasteiger partial charge on any atom is 0.340 e. The Morgan fingerprint density at radius 2 is 2.08 bits per heavy atom. The van der Waals surface area contributed by atoms with Crippen LogP contribution in [0.4, 0.5) is 0 Å². The number of carboxylic acids is 1. The van der Waals surface area contributed by atoms with E-state index in [9.17, 15) is 19.8 Å². The molecule has 2 atom stereocenters. The molecule has 6 nitrogen and oxygen atoms in total. The number of aliphatic hydroxyl groups is 2. The van der Waals surface area contributed by atoms with Gasteiger partial charge in [-0.25, -0.2) is 4.79 Å². The molecule has 0 aromatic heterocycles. The van der Waals surface area contributed by atoms with Gasteiger partial charge in [-0.3, -0.25) is 4.79 Å². The number of aliphatic hydroxyl groups excluding tert-OH is 1. The minimum Gasteiger partial charge on any atom is -0.479 e. The summed E-state index contributed by atoms with van der Waals surface area (Å²) in [5.41, 5.74) is -2.22. The number of rotatable bonds is 1. The summed E-state index contributed by atoms with van der Waals surface area (Å²) in [5, 5.41) is 27.2. The van der Waals surface area contributed by atoms with Gasteiger partial charge in [-0.1, -0.05) is 0 Å². The zero-order valence-corrected chi connectivity index (χ0v) is 7.10. The van der Waals surface area contributed by atoms with Crippen LogP contribution >= 0.6 is 0 Å². The molecule has 0 radical (unpaired) electrons. The third-order valence-electron chi connectivity index (χ3n) is 2.19.